The number of nitrogens with two attached hydrogens (primary N) is 1. The van der Waals surface area contributed by atoms with E-state index in [-0.39, 0.29) is 12.6 Å². The standard InChI is InChI=1S/C16H26N2O/c1-12-5-6-16(8-13(12)2)18-10-14(4-3-7-19)9-15(17)11-18/h5-6,8,14-15,19H,3-4,7,9-11,17H2,1-2H3. The summed E-state index contributed by atoms with van der Waals surface area (Å²) < 4.78 is 0. The maximum Gasteiger partial charge on any atom is 0.0431 e. The van der Waals surface area contributed by atoms with Gasteiger partial charge in [0.2, 0.25) is 0 Å². The summed E-state index contributed by atoms with van der Waals surface area (Å²) in [4.78, 5) is 2.41. The number of benzene rings is 1. The lowest BCUT2D eigenvalue weighted by Crippen LogP contribution is -2.47. The van der Waals surface area contributed by atoms with E-state index < -0.39 is 0 Å². The Morgan fingerprint density at radius 3 is 2.74 bits per heavy atom. The van der Waals surface area contributed by atoms with Crippen LogP contribution in [0.5, 0.6) is 0 Å². The molecule has 1 fully saturated rings. The minimum absolute atomic E-state index is 0.249. The summed E-state index contributed by atoms with van der Waals surface area (Å²) in [6, 6.07) is 6.90. The van der Waals surface area contributed by atoms with Gasteiger partial charge in [0.05, 0.1) is 0 Å². The Morgan fingerprint density at radius 1 is 1.26 bits per heavy atom. The molecule has 1 aliphatic heterocycles. The van der Waals surface area contributed by atoms with Gasteiger partial charge in [0.25, 0.3) is 0 Å². The van der Waals surface area contributed by atoms with Gasteiger partial charge in [-0.25, -0.2) is 0 Å². The highest BCUT2D eigenvalue weighted by molar-refractivity contribution is 5.51. The Kier molecular flexibility index (Phi) is 4.83. The third-order valence-corrected chi connectivity index (χ3v) is 4.20. The number of hydrogen-bond donors (Lipinski definition) is 2. The molecule has 0 amide bonds. The Labute approximate surface area is 116 Å². The summed E-state index contributed by atoms with van der Waals surface area (Å²) in [5.74, 6) is 0.609. The molecule has 2 unspecified atom stereocenters. The minimum atomic E-state index is 0.249. The van der Waals surface area contributed by atoms with Crippen LogP contribution in [-0.2, 0) is 0 Å². The highest BCUT2D eigenvalue weighted by Gasteiger charge is 2.25. The molecule has 1 aromatic rings. The van der Waals surface area contributed by atoms with Gasteiger partial charge in [-0.1, -0.05) is 6.07 Å². The average Bonchev–Trinajstić information content (AvgIpc) is 2.39. The molecule has 0 radical (unpaired) electrons. The van der Waals surface area contributed by atoms with E-state index in [4.69, 9.17) is 10.8 Å². The van der Waals surface area contributed by atoms with Crippen LogP contribution in [0.25, 0.3) is 0 Å². The van der Waals surface area contributed by atoms with Crippen LogP contribution in [0.3, 0.4) is 0 Å². The third kappa shape index (κ3) is 3.71. The first-order chi connectivity index (χ1) is 9.10. The third-order valence-electron chi connectivity index (χ3n) is 4.20. The molecule has 2 rings (SSSR count). The smallest absolute Gasteiger partial charge is 0.0431 e. The van der Waals surface area contributed by atoms with E-state index in [2.05, 4.69) is 36.9 Å². The number of hydrogen-bond acceptors (Lipinski definition) is 3. The van der Waals surface area contributed by atoms with Crippen molar-refractivity contribution in [2.75, 3.05) is 24.6 Å². The molecular weight excluding hydrogens is 236 g/mol. The van der Waals surface area contributed by atoms with Crippen LogP contribution in [0, 0.1) is 19.8 Å². The summed E-state index contributed by atoms with van der Waals surface area (Å²) in [5, 5.41) is 8.97. The van der Waals surface area contributed by atoms with Crippen molar-refractivity contribution in [1.29, 1.82) is 0 Å². The normalized spacial score (nSPS) is 23.7. The van der Waals surface area contributed by atoms with Crippen LogP contribution in [0.2, 0.25) is 0 Å². The monoisotopic (exact) mass is 262 g/mol. The molecule has 2 atom stereocenters. The molecule has 1 aromatic carbocycles. The fourth-order valence-corrected chi connectivity index (χ4v) is 2.97. The maximum atomic E-state index is 8.97. The van der Waals surface area contributed by atoms with Crippen LogP contribution >= 0.6 is 0 Å². The molecule has 106 valence electrons. The molecule has 0 saturated carbocycles. The molecular formula is C16H26N2O. The minimum Gasteiger partial charge on any atom is -0.396 e. The molecule has 0 spiro atoms. The lowest BCUT2D eigenvalue weighted by atomic mass is 9.90. The number of aryl methyl sites for hydroxylation is 2. The van der Waals surface area contributed by atoms with E-state index in [0.717, 1.165) is 32.4 Å². The van der Waals surface area contributed by atoms with Gasteiger partial charge in [0.15, 0.2) is 0 Å². The fraction of sp³-hybridized carbons (Fsp3) is 0.625. The van der Waals surface area contributed by atoms with Crippen molar-refractivity contribution in [2.24, 2.45) is 11.7 Å². The second-order valence-corrected chi connectivity index (χ2v) is 5.90. The van der Waals surface area contributed by atoms with Crippen molar-refractivity contribution in [3.05, 3.63) is 29.3 Å². The van der Waals surface area contributed by atoms with E-state index in [0.29, 0.717) is 5.92 Å². The topological polar surface area (TPSA) is 49.5 Å². The highest BCUT2D eigenvalue weighted by atomic mass is 16.2. The maximum absolute atomic E-state index is 8.97. The van der Waals surface area contributed by atoms with Crippen molar-refractivity contribution >= 4 is 5.69 Å². The number of anilines is 1. The van der Waals surface area contributed by atoms with Crippen LogP contribution in [-0.4, -0.2) is 30.8 Å². The SMILES string of the molecule is Cc1ccc(N2CC(N)CC(CCCO)C2)cc1C. The number of nitrogens with zero attached hydrogens (tertiary/aromatic N) is 1. The van der Waals surface area contributed by atoms with E-state index in [1.807, 2.05) is 0 Å². The Morgan fingerprint density at radius 2 is 2.05 bits per heavy atom. The molecule has 19 heavy (non-hydrogen) atoms. The first-order valence-electron chi connectivity index (χ1n) is 7.28. The molecule has 0 aliphatic carbocycles. The van der Waals surface area contributed by atoms with Gasteiger partial charge >= 0.3 is 0 Å². The van der Waals surface area contributed by atoms with E-state index in [1.165, 1.54) is 16.8 Å². The second kappa shape index (κ2) is 6.40. The molecule has 3 N–H and O–H groups in total. The molecule has 0 bridgehead atoms. The predicted octanol–water partition coefficient (Wildman–Crippen LogP) is 2.23. The van der Waals surface area contributed by atoms with Gasteiger partial charge in [-0.2, -0.15) is 0 Å². The second-order valence-electron chi connectivity index (χ2n) is 5.90. The van der Waals surface area contributed by atoms with Crippen LogP contribution in [0.1, 0.15) is 30.4 Å². The fourth-order valence-electron chi connectivity index (χ4n) is 2.97. The lowest BCUT2D eigenvalue weighted by molar-refractivity contribution is 0.259. The Balaban J connectivity index is 2.07. The average molecular weight is 262 g/mol. The quantitative estimate of drug-likeness (QED) is 0.875. The molecule has 0 aromatic heterocycles. The zero-order chi connectivity index (χ0) is 13.8. The van der Waals surface area contributed by atoms with Crippen molar-refractivity contribution in [3.8, 4) is 0 Å². The summed E-state index contributed by atoms with van der Waals surface area (Å²) in [6.07, 6.45) is 3.05. The summed E-state index contributed by atoms with van der Waals surface area (Å²) in [6.45, 7) is 6.60. The van der Waals surface area contributed by atoms with E-state index in [1.54, 1.807) is 0 Å². The number of aliphatic hydroxyl groups is 1. The van der Waals surface area contributed by atoms with E-state index >= 15 is 0 Å². The van der Waals surface area contributed by atoms with Crippen LogP contribution in [0.15, 0.2) is 18.2 Å². The summed E-state index contributed by atoms with van der Waals surface area (Å²) in [7, 11) is 0. The molecule has 1 heterocycles. The first kappa shape index (κ1) is 14.4. The highest BCUT2D eigenvalue weighted by Crippen LogP contribution is 2.26. The zero-order valence-electron chi connectivity index (χ0n) is 12.1. The molecule has 1 saturated heterocycles. The molecule has 3 nitrogen and oxygen atoms in total. The first-order valence-corrected chi connectivity index (χ1v) is 7.28. The van der Waals surface area contributed by atoms with Gasteiger partial charge in [-0.15, -0.1) is 0 Å². The van der Waals surface area contributed by atoms with Gasteiger partial charge in [0, 0.05) is 31.4 Å². The van der Waals surface area contributed by atoms with Gasteiger partial charge < -0.3 is 15.7 Å². The molecule has 3 heteroatoms. The number of rotatable bonds is 4. The van der Waals surface area contributed by atoms with E-state index in [9.17, 15) is 0 Å². The lowest BCUT2D eigenvalue weighted by Gasteiger charge is -2.38. The van der Waals surface area contributed by atoms with Crippen molar-refractivity contribution in [1.82, 2.24) is 0 Å². The van der Waals surface area contributed by atoms with Gasteiger partial charge in [-0.3, -0.25) is 0 Å². The summed E-state index contributed by atoms with van der Waals surface area (Å²) >= 11 is 0. The summed E-state index contributed by atoms with van der Waals surface area (Å²) in [5.41, 5.74) is 10.1. The zero-order valence-corrected chi connectivity index (χ0v) is 12.1. The number of aliphatic hydroxyl groups excluding tert-OH is 1. The Bertz CT molecular complexity index is 419. The van der Waals surface area contributed by atoms with Gasteiger partial charge in [0.1, 0.15) is 0 Å². The van der Waals surface area contributed by atoms with Crippen LogP contribution < -0.4 is 10.6 Å². The van der Waals surface area contributed by atoms with Crippen molar-refractivity contribution in [2.45, 2.75) is 39.2 Å². The van der Waals surface area contributed by atoms with Crippen molar-refractivity contribution < 1.29 is 5.11 Å². The van der Waals surface area contributed by atoms with Gasteiger partial charge in [-0.05, 0) is 62.3 Å². The Hall–Kier alpha value is -1.06. The largest absolute Gasteiger partial charge is 0.396 e. The van der Waals surface area contributed by atoms with Crippen LogP contribution in [0.4, 0.5) is 5.69 Å². The molecule has 1 aliphatic rings. The van der Waals surface area contributed by atoms with Crippen molar-refractivity contribution in [3.63, 3.8) is 0 Å². The number of piperidine rings is 1. The predicted molar refractivity (Wildman–Crippen MR) is 80.5 cm³/mol.